The highest BCUT2D eigenvalue weighted by molar-refractivity contribution is 6.07. The number of aromatic nitrogens is 1. The van der Waals surface area contributed by atoms with E-state index in [0.29, 0.717) is 26.3 Å². The van der Waals surface area contributed by atoms with E-state index in [1.165, 1.54) is 31.2 Å². The molecule has 2 aromatic rings. The van der Waals surface area contributed by atoms with Crippen molar-refractivity contribution in [3.8, 4) is 0 Å². The summed E-state index contributed by atoms with van der Waals surface area (Å²) in [6, 6.07) is 8.28. The van der Waals surface area contributed by atoms with Crippen LogP contribution in [0.15, 0.2) is 30.5 Å². The molecule has 0 saturated carbocycles. The second kappa shape index (κ2) is 8.89. The van der Waals surface area contributed by atoms with E-state index in [0.717, 1.165) is 43.0 Å². The molecular formula is C22H30N2O3. The predicted octanol–water partition coefficient (Wildman–Crippen LogP) is 3.71. The molecule has 0 aliphatic carbocycles. The molecule has 0 unspecified atom stereocenters. The average molecular weight is 370 g/mol. The zero-order valence-corrected chi connectivity index (χ0v) is 16.1. The van der Waals surface area contributed by atoms with Gasteiger partial charge in [0.25, 0.3) is 5.91 Å². The van der Waals surface area contributed by atoms with Crippen molar-refractivity contribution in [1.29, 1.82) is 0 Å². The lowest BCUT2D eigenvalue weighted by molar-refractivity contribution is 0.0304. The fourth-order valence-corrected chi connectivity index (χ4v) is 4.29. The maximum atomic E-state index is 13.0. The molecule has 146 valence electrons. The van der Waals surface area contributed by atoms with Crippen molar-refractivity contribution in [2.24, 2.45) is 5.92 Å². The number of morpholine rings is 1. The number of ether oxygens (including phenoxy) is 2. The van der Waals surface area contributed by atoms with E-state index < -0.39 is 0 Å². The van der Waals surface area contributed by atoms with Gasteiger partial charge in [-0.15, -0.1) is 0 Å². The number of hydrogen-bond donors (Lipinski definition) is 0. The Hall–Kier alpha value is -1.85. The van der Waals surface area contributed by atoms with Crippen LogP contribution in [0, 0.1) is 5.92 Å². The zero-order chi connectivity index (χ0) is 18.5. The summed E-state index contributed by atoms with van der Waals surface area (Å²) in [5, 5.41) is 1.07. The molecule has 2 fully saturated rings. The van der Waals surface area contributed by atoms with Crippen molar-refractivity contribution in [2.75, 3.05) is 39.5 Å². The Morgan fingerprint density at radius 3 is 2.56 bits per heavy atom. The van der Waals surface area contributed by atoms with Gasteiger partial charge < -0.3 is 18.9 Å². The molecule has 2 aliphatic rings. The standard InChI is InChI=1S/C22H30N2O3/c25-22(23-11-15-27-16-12-23)20-17-24(21-7-2-1-6-19(20)21)10-4-3-5-18-8-13-26-14-9-18/h1-2,6-7,17-18H,3-5,8-16H2. The molecule has 1 aromatic heterocycles. The van der Waals surface area contributed by atoms with Crippen LogP contribution in [-0.4, -0.2) is 54.9 Å². The number of nitrogens with zero attached hydrogens (tertiary/aromatic N) is 2. The molecule has 0 bridgehead atoms. The first-order valence-electron chi connectivity index (χ1n) is 10.4. The SMILES string of the molecule is O=C(c1cn(CCCCC2CCOCC2)c2ccccc12)N1CCOCC1. The third-order valence-electron chi connectivity index (χ3n) is 5.92. The van der Waals surface area contributed by atoms with Crippen molar-refractivity contribution >= 4 is 16.8 Å². The molecule has 1 aromatic carbocycles. The number of fused-ring (bicyclic) bond motifs is 1. The van der Waals surface area contributed by atoms with Crippen molar-refractivity contribution < 1.29 is 14.3 Å². The van der Waals surface area contributed by atoms with E-state index in [1.54, 1.807) is 0 Å². The first-order chi connectivity index (χ1) is 13.3. The maximum absolute atomic E-state index is 13.0. The molecule has 0 spiro atoms. The summed E-state index contributed by atoms with van der Waals surface area (Å²) in [6.07, 6.45) is 8.18. The number of rotatable bonds is 6. The fourth-order valence-electron chi connectivity index (χ4n) is 4.29. The largest absolute Gasteiger partial charge is 0.381 e. The topological polar surface area (TPSA) is 43.7 Å². The van der Waals surface area contributed by atoms with E-state index in [9.17, 15) is 4.79 Å². The molecule has 4 rings (SSSR count). The van der Waals surface area contributed by atoms with Gasteiger partial charge >= 0.3 is 0 Å². The summed E-state index contributed by atoms with van der Waals surface area (Å²) >= 11 is 0. The Morgan fingerprint density at radius 2 is 1.74 bits per heavy atom. The zero-order valence-electron chi connectivity index (χ0n) is 16.1. The lowest BCUT2D eigenvalue weighted by Gasteiger charge is -2.26. The Labute approximate surface area is 161 Å². The third-order valence-corrected chi connectivity index (χ3v) is 5.92. The van der Waals surface area contributed by atoms with Crippen molar-refractivity contribution in [3.05, 3.63) is 36.0 Å². The second-order valence-corrected chi connectivity index (χ2v) is 7.71. The van der Waals surface area contributed by atoms with Gasteiger partial charge in [0.2, 0.25) is 0 Å². The minimum atomic E-state index is 0.135. The number of unbranched alkanes of at least 4 members (excludes halogenated alkanes) is 1. The molecular weight excluding hydrogens is 340 g/mol. The van der Waals surface area contributed by atoms with Gasteiger partial charge in [-0.2, -0.15) is 0 Å². The number of amides is 1. The summed E-state index contributed by atoms with van der Waals surface area (Å²) < 4.78 is 13.1. The summed E-state index contributed by atoms with van der Waals surface area (Å²) in [4.78, 5) is 14.9. The van der Waals surface area contributed by atoms with Gasteiger partial charge in [0.15, 0.2) is 0 Å². The monoisotopic (exact) mass is 370 g/mol. The molecule has 5 nitrogen and oxygen atoms in total. The summed E-state index contributed by atoms with van der Waals surface area (Å²) in [7, 11) is 0. The Bertz CT molecular complexity index is 758. The van der Waals surface area contributed by atoms with Crippen molar-refractivity contribution in [3.63, 3.8) is 0 Å². The highest BCUT2D eigenvalue weighted by Crippen LogP contribution is 2.25. The quantitative estimate of drug-likeness (QED) is 0.728. The summed E-state index contributed by atoms with van der Waals surface area (Å²) in [5.41, 5.74) is 2.00. The predicted molar refractivity (Wildman–Crippen MR) is 106 cm³/mol. The Kier molecular flexibility index (Phi) is 6.10. The fraction of sp³-hybridized carbons (Fsp3) is 0.591. The number of para-hydroxylation sites is 1. The van der Waals surface area contributed by atoms with Crippen LogP contribution in [0.2, 0.25) is 0 Å². The number of hydrogen-bond acceptors (Lipinski definition) is 3. The van der Waals surface area contributed by atoms with Crippen LogP contribution in [0.3, 0.4) is 0 Å². The van der Waals surface area contributed by atoms with Crippen molar-refractivity contribution in [1.82, 2.24) is 9.47 Å². The lowest BCUT2D eigenvalue weighted by atomic mass is 9.94. The minimum Gasteiger partial charge on any atom is -0.381 e. The van der Waals surface area contributed by atoms with Crippen molar-refractivity contribution in [2.45, 2.75) is 38.6 Å². The van der Waals surface area contributed by atoms with E-state index in [2.05, 4.69) is 29.0 Å². The molecule has 5 heteroatoms. The van der Waals surface area contributed by atoms with Gasteiger partial charge in [0, 0.05) is 49.9 Å². The second-order valence-electron chi connectivity index (χ2n) is 7.71. The van der Waals surface area contributed by atoms with Crippen LogP contribution in [0.25, 0.3) is 10.9 Å². The Morgan fingerprint density at radius 1 is 1.00 bits per heavy atom. The van der Waals surface area contributed by atoms with E-state index in [-0.39, 0.29) is 5.91 Å². The minimum absolute atomic E-state index is 0.135. The van der Waals surface area contributed by atoms with E-state index >= 15 is 0 Å². The molecule has 0 atom stereocenters. The van der Waals surface area contributed by atoms with Gasteiger partial charge in [0.05, 0.1) is 18.8 Å². The highest BCUT2D eigenvalue weighted by atomic mass is 16.5. The number of benzene rings is 1. The van der Waals surface area contributed by atoms with Gasteiger partial charge in [0.1, 0.15) is 0 Å². The average Bonchev–Trinajstić information content (AvgIpc) is 3.11. The van der Waals surface area contributed by atoms with Crippen LogP contribution >= 0.6 is 0 Å². The first kappa shape index (κ1) is 18.5. The van der Waals surface area contributed by atoms with Crippen LogP contribution < -0.4 is 0 Å². The van der Waals surface area contributed by atoms with E-state index in [4.69, 9.17) is 9.47 Å². The van der Waals surface area contributed by atoms with E-state index in [1.807, 2.05) is 11.0 Å². The highest BCUT2D eigenvalue weighted by Gasteiger charge is 2.22. The van der Waals surface area contributed by atoms with Gasteiger partial charge in [-0.05, 0) is 31.2 Å². The van der Waals surface area contributed by atoms with Gasteiger partial charge in [-0.3, -0.25) is 4.79 Å². The molecule has 0 N–H and O–H groups in total. The summed E-state index contributed by atoms with van der Waals surface area (Å²) in [6.45, 7) is 5.47. The molecule has 3 heterocycles. The Balaban J connectivity index is 1.42. The summed E-state index contributed by atoms with van der Waals surface area (Å²) in [5.74, 6) is 0.967. The van der Waals surface area contributed by atoms with Crippen LogP contribution in [-0.2, 0) is 16.0 Å². The molecule has 2 saturated heterocycles. The molecule has 0 radical (unpaired) electrons. The number of aryl methyl sites for hydroxylation is 1. The lowest BCUT2D eigenvalue weighted by Crippen LogP contribution is -2.40. The molecule has 27 heavy (non-hydrogen) atoms. The third kappa shape index (κ3) is 4.36. The van der Waals surface area contributed by atoms with Gasteiger partial charge in [-0.25, -0.2) is 0 Å². The first-order valence-corrected chi connectivity index (χ1v) is 10.4. The normalized spacial score (nSPS) is 18.9. The van der Waals surface area contributed by atoms with Crippen LogP contribution in [0.1, 0.15) is 42.5 Å². The molecule has 1 amide bonds. The number of carbonyl (C=O) groups excluding carboxylic acids is 1. The maximum Gasteiger partial charge on any atom is 0.256 e. The smallest absolute Gasteiger partial charge is 0.256 e. The number of carbonyl (C=O) groups is 1. The van der Waals surface area contributed by atoms with Gasteiger partial charge in [-0.1, -0.05) is 31.0 Å². The van der Waals surface area contributed by atoms with Crippen LogP contribution in [0.5, 0.6) is 0 Å². The molecule has 2 aliphatic heterocycles. The van der Waals surface area contributed by atoms with Crippen LogP contribution in [0.4, 0.5) is 0 Å².